The van der Waals surface area contributed by atoms with Crippen LogP contribution in [0.15, 0.2) is 23.1 Å². The SMILES string of the molecule is CS(=O)CCNS(=O)(=O)c1cc([N+](=O)[O-])ccc1NN. The highest BCUT2D eigenvalue weighted by Gasteiger charge is 2.21. The number of nitro groups is 1. The van der Waals surface area contributed by atoms with E-state index in [2.05, 4.69) is 10.1 Å². The van der Waals surface area contributed by atoms with Gasteiger partial charge in [-0.1, -0.05) is 0 Å². The second-order valence-corrected chi connectivity index (χ2v) is 7.05. The summed E-state index contributed by atoms with van der Waals surface area (Å²) in [4.78, 5) is 9.64. The van der Waals surface area contributed by atoms with Gasteiger partial charge in [-0.25, -0.2) is 13.1 Å². The monoisotopic (exact) mass is 322 g/mol. The van der Waals surface area contributed by atoms with Gasteiger partial charge >= 0.3 is 0 Å². The number of sulfonamides is 1. The standard InChI is InChI=1S/C9H14N4O5S2/c1-19(16)5-4-11-20(17,18)9-6-7(13(14)15)2-3-8(9)12-10/h2-3,6,11-12H,4-5,10H2,1H3. The molecule has 0 saturated heterocycles. The van der Waals surface area contributed by atoms with E-state index in [1.54, 1.807) is 0 Å². The second-order valence-electron chi connectivity index (χ2n) is 3.76. The fourth-order valence-electron chi connectivity index (χ4n) is 1.36. The summed E-state index contributed by atoms with van der Waals surface area (Å²) in [6.45, 7) is -0.0435. The fourth-order valence-corrected chi connectivity index (χ4v) is 3.10. The molecule has 0 aliphatic rings. The van der Waals surface area contributed by atoms with Crippen molar-refractivity contribution in [1.82, 2.24) is 4.72 Å². The van der Waals surface area contributed by atoms with Crippen LogP contribution in [-0.4, -0.2) is 36.1 Å². The first-order valence-corrected chi connectivity index (χ1v) is 8.53. The number of nitrogen functional groups attached to an aromatic ring is 1. The Hall–Kier alpha value is -1.56. The molecule has 9 nitrogen and oxygen atoms in total. The summed E-state index contributed by atoms with van der Waals surface area (Å²) in [5.74, 6) is 5.33. The average Bonchev–Trinajstić information content (AvgIpc) is 2.37. The lowest BCUT2D eigenvalue weighted by Crippen LogP contribution is -2.29. The maximum Gasteiger partial charge on any atom is 0.270 e. The first-order chi connectivity index (χ1) is 9.27. The molecule has 0 spiro atoms. The summed E-state index contributed by atoms with van der Waals surface area (Å²) in [5.41, 5.74) is 1.82. The number of hydrogen-bond donors (Lipinski definition) is 3. The van der Waals surface area contributed by atoms with E-state index < -0.39 is 25.7 Å². The summed E-state index contributed by atoms with van der Waals surface area (Å²) < 4.78 is 37.2. The molecule has 0 heterocycles. The third-order valence-corrected chi connectivity index (χ3v) is 4.58. The second kappa shape index (κ2) is 6.74. The van der Waals surface area contributed by atoms with Crippen LogP contribution >= 0.6 is 0 Å². The van der Waals surface area contributed by atoms with Crippen molar-refractivity contribution in [3.05, 3.63) is 28.3 Å². The van der Waals surface area contributed by atoms with Gasteiger partial charge in [-0.15, -0.1) is 0 Å². The van der Waals surface area contributed by atoms with Gasteiger partial charge in [-0.2, -0.15) is 0 Å². The van der Waals surface area contributed by atoms with E-state index in [4.69, 9.17) is 5.84 Å². The van der Waals surface area contributed by atoms with Crippen molar-refractivity contribution in [2.45, 2.75) is 4.90 Å². The molecule has 1 aromatic rings. The van der Waals surface area contributed by atoms with Crippen molar-refractivity contribution in [2.75, 3.05) is 24.0 Å². The molecule has 0 amide bonds. The summed E-state index contributed by atoms with van der Waals surface area (Å²) >= 11 is 0. The molecule has 0 saturated carbocycles. The summed E-state index contributed by atoms with van der Waals surface area (Å²) in [5, 5.41) is 10.7. The Bertz CT molecular complexity index is 631. The Morgan fingerprint density at radius 1 is 1.45 bits per heavy atom. The lowest BCUT2D eigenvalue weighted by Gasteiger charge is -2.10. The molecule has 1 unspecified atom stereocenters. The van der Waals surface area contributed by atoms with Gasteiger partial charge in [0, 0.05) is 41.5 Å². The Kier molecular flexibility index (Phi) is 5.56. The maximum atomic E-state index is 12.0. The number of non-ortho nitro benzene ring substituents is 1. The predicted molar refractivity (Wildman–Crippen MR) is 75.0 cm³/mol. The minimum absolute atomic E-state index is 0.0284. The molecule has 1 aromatic carbocycles. The van der Waals surface area contributed by atoms with Crippen LogP contribution in [0.3, 0.4) is 0 Å². The molecular formula is C9H14N4O5S2. The molecule has 0 aliphatic heterocycles. The van der Waals surface area contributed by atoms with E-state index in [0.717, 1.165) is 12.1 Å². The van der Waals surface area contributed by atoms with Gasteiger partial charge in [-0.05, 0) is 6.07 Å². The van der Waals surface area contributed by atoms with Gasteiger partial charge in [0.25, 0.3) is 5.69 Å². The highest BCUT2D eigenvalue weighted by atomic mass is 32.2. The fraction of sp³-hybridized carbons (Fsp3) is 0.333. The number of nitro benzene ring substituents is 1. The molecule has 1 rings (SSSR count). The van der Waals surface area contributed by atoms with Gasteiger partial charge < -0.3 is 5.43 Å². The largest absolute Gasteiger partial charge is 0.323 e. The summed E-state index contributed by atoms with van der Waals surface area (Å²) in [6, 6.07) is 3.24. The Balaban J connectivity index is 3.11. The molecule has 20 heavy (non-hydrogen) atoms. The van der Waals surface area contributed by atoms with Crippen molar-refractivity contribution >= 4 is 32.2 Å². The number of hydrogen-bond acceptors (Lipinski definition) is 7. The topological polar surface area (TPSA) is 144 Å². The number of benzene rings is 1. The van der Waals surface area contributed by atoms with Gasteiger partial charge in [0.05, 0.1) is 10.6 Å². The molecule has 0 bridgehead atoms. The molecule has 11 heteroatoms. The van der Waals surface area contributed by atoms with Gasteiger partial charge in [-0.3, -0.25) is 20.2 Å². The molecule has 112 valence electrons. The van der Waals surface area contributed by atoms with E-state index in [1.807, 2.05) is 0 Å². The predicted octanol–water partition coefficient (Wildman–Crippen LogP) is -0.463. The normalized spacial score (nSPS) is 12.9. The van der Waals surface area contributed by atoms with Crippen molar-refractivity contribution in [3.63, 3.8) is 0 Å². The lowest BCUT2D eigenvalue weighted by atomic mass is 10.3. The van der Waals surface area contributed by atoms with Crippen LogP contribution in [0.25, 0.3) is 0 Å². The zero-order valence-corrected chi connectivity index (χ0v) is 12.2. The highest BCUT2D eigenvalue weighted by Crippen LogP contribution is 2.25. The number of nitrogens with two attached hydrogens (primary N) is 1. The molecule has 4 N–H and O–H groups in total. The van der Waals surface area contributed by atoms with E-state index >= 15 is 0 Å². The van der Waals surface area contributed by atoms with Gasteiger partial charge in [0.2, 0.25) is 10.0 Å². The van der Waals surface area contributed by atoms with Crippen LogP contribution in [-0.2, 0) is 20.8 Å². The number of hydrazine groups is 1. The van der Waals surface area contributed by atoms with Gasteiger partial charge in [0.15, 0.2) is 0 Å². The maximum absolute atomic E-state index is 12.0. The number of rotatable bonds is 7. The van der Waals surface area contributed by atoms with E-state index in [0.29, 0.717) is 0 Å². The van der Waals surface area contributed by atoms with Crippen LogP contribution < -0.4 is 16.0 Å². The summed E-state index contributed by atoms with van der Waals surface area (Å²) in [6.07, 6.45) is 1.44. The Morgan fingerprint density at radius 2 is 2.10 bits per heavy atom. The highest BCUT2D eigenvalue weighted by molar-refractivity contribution is 7.89. The van der Waals surface area contributed by atoms with E-state index in [1.165, 1.54) is 12.3 Å². The molecule has 0 radical (unpaired) electrons. The zero-order valence-electron chi connectivity index (χ0n) is 10.5. The quantitative estimate of drug-likeness (QED) is 0.350. The number of nitrogens with one attached hydrogen (secondary N) is 2. The average molecular weight is 322 g/mol. The summed E-state index contributed by atoms with van der Waals surface area (Å²) in [7, 11) is -5.14. The Morgan fingerprint density at radius 3 is 2.60 bits per heavy atom. The first-order valence-electron chi connectivity index (χ1n) is 5.32. The third-order valence-electron chi connectivity index (χ3n) is 2.30. The molecule has 0 aromatic heterocycles. The number of anilines is 1. The van der Waals surface area contributed by atoms with Crippen LogP contribution in [0.4, 0.5) is 11.4 Å². The van der Waals surface area contributed by atoms with Crippen molar-refractivity contribution in [2.24, 2.45) is 5.84 Å². The van der Waals surface area contributed by atoms with E-state index in [9.17, 15) is 22.7 Å². The van der Waals surface area contributed by atoms with E-state index in [-0.39, 0.29) is 28.6 Å². The molecule has 1 atom stereocenters. The van der Waals surface area contributed by atoms with Crippen molar-refractivity contribution < 1.29 is 17.6 Å². The minimum Gasteiger partial charge on any atom is -0.323 e. The lowest BCUT2D eigenvalue weighted by molar-refractivity contribution is -0.385. The number of nitrogens with zero attached hydrogens (tertiary/aromatic N) is 1. The Labute approximate surface area is 118 Å². The van der Waals surface area contributed by atoms with Gasteiger partial charge in [0.1, 0.15) is 4.90 Å². The zero-order chi connectivity index (χ0) is 15.3. The van der Waals surface area contributed by atoms with Crippen LogP contribution in [0.2, 0.25) is 0 Å². The smallest absolute Gasteiger partial charge is 0.270 e. The molecular weight excluding hydrogens is 308 g/mol. The van der Waals surface area contributed by atoms with Crippen LogP contribution in [0.5, 0.6) is 0 Å². The van der Waals surface area contributed by atoms with Crippen LogP contribution in [0.1, 0.15) is 0 Å². The molecule has 0 fully saturated rings. The third kappa shape index (κ3) is 4.23. The van der Waals surface area contributed by atoms with Crippen molar-refractivity contribution in [3.8, 4) is 0 Å². The van der Waals surface area contributed by atoms with Crippen LogP contribution in [0, 0.1) is 10.1 Å². The minimum atomic E-state index is -3.99. The first kappa shape index (κ1) is 16.5. The molecule has 0 aliphatic carbocycles. The van der Waals surface area contributed by atoms with Crippen molar-refractivity contribution in [1.29, 1.82) is 0 Å².